The lowest BCUT2D eigenvalue weighted by Gasteiger charge is -2.15. The predicted molar refractivity (Wildman–Crippen MR) is 84.5 cm³/mol. The van der Waals surface area contributed by atoms with Crippen molar-refractivity contribution in [1.82, 2.24) is 10.6 Å². The van der Waals surface area contributed by atoms with E-state index >= 15 is 0 Å². The Labute approximate surface area is 139 Å². The van der Waals surface area contributed by atoms with Gasteiger partial charge in [-0.15, -0.1) is 0 Å². The molecule has 0 unspecified atom stereocenters. The van der Waals surface area contributed by atoms with E-state index < -0.39 is 6.61 Å². The zero-order valence-corrected chi connectivity index (χ0v) is 13.8. The van der Waals surface area contributed by atoms with Crippen LogP contribution in [0.15, 0.2) is 23.2 Å². The highest BCUT2D eigenvalue weighted by Crippen LogP contribution is 2.25. The first-order valence-electron chi connectivity index (χ1n) is 7.13. The standard InChI is InChI=1S/C15H21F2N3O4/c1-18-15(19-7-6-13(21)23-3)20-9-10-8-11(22-2)4-5-12(10)24-14(16)17/h4-5,8,14H,6-7,9H2,1-3H3,(H2,18,19,20). The van der Waals surface area contributed by atoms with E-state index in [4.69, 9.17) is 4.74 Å². The van der Waals surface area contributed by atoms with Crippen LogP contribution in [0, 0.1) is 0 Å². The average molecular weight is 345 g/mol. The van der Waals surface area contributed by atoms with Crippen LogP contribution in [-0.2, 0) is 16.1 Å². The second-order valence-corrected chi connectivity index (χ2v) is 4.53. The van der Waals surface area contributed by atoms with E-state index in [0.717, 1.165) is 0 Å². The number of hydrogen-bond donors (Lipinski definition) is 2. The van der Waals surface area contributed by atoms with Crippen LogP contribution in [0.2, 0.25) is 0 Å². The van der Waals surface area contributed by atoms with Gasteiger partial charge in [0, 0.05) is 25.7 Å². The maximum absolute atomic E-state index is 12.5. The molecule has 0 fully saturated rings. The monoisotopic (exact) mass is 345 g/mol. The third kappa shape index (κ3) is 6.67. The van der Waals surface area contributed by atoms with Crippen molar-refractivity contribution in [3.63, 3.8) is 0 Å². The molecular weight excluding hydrogens is 324 g/mol. The summed E-state index contributed by atoms with van der Waals surface area (Å²) in [6.07, 6.45) is 0.177. The van der Waals surface area contributed by atoms with Gasteiger partial charge in [-0.25, -0.2) is 0 Å². The molecule has 0 aliphatic rings. The van der Waals surface area contributed by atoms with Crippen LogP contribution in [0.25, 0.3) is 0 Å². The van der Waals surface area contributed by atoms with Crippen LogP contribution >= 0.6 is 0 Å². The zero-order chi connectivity index (χ0) is 17.9. The molecule has 9 heteroatoms. The molecule has 0 atom stereocenters. The fraction of sp³-hybridized carbons (Fsp3) is 0.467. The molecule has 1 aromatic rings. The molecule has 7 nitrogen and oxygen atoms in total. The number of nitrogens with one attached hydrogen (secondary N) is 2. The number of nitrogens with zero attached hydrogens (tertiary/aromatic N) is 1. The van der Waals surface area contributed by atoms with E-state index in [-0.39, 0.29) is 24.7 Å². The number of methoxy groups -OCH3 is 2. The Morgan fingerprint density at radius 1 is 1.29 bits per heavy atom. The SMILES string of the molecule is CN=C(NCCC(=O)OC)NCc1cc(OC)ccc1OC(F)F. The number of aliphatic imine (C=N–C) groups is 1. The number of benzene rings is 1. The number of carbonyl (C=O) groups excluding carboxylic acids is 1. The van der Waals surface area contributed by atoms with Crippen LogP contribution in [0.4, 0.5) is 8.78 Å². The van der Waals surface area contributed by atoms with E-state index in [1.165, 1.54) is 26.4 Å². The van der Waals surface area contributed by atoms with Crippen molar-refractivity contribution < 1.29 is 27.8 Å². The molecular formula is C15H21F2N3O4. The maximum Gasteiger partial charge on any atom is 0.387 e. The molecule has 0 radical (unpaired) electrons. The molecule has 0 saturated heterocycles. The fourth-order valence-electron chi connectivity index (χ4n) is 1.82. The van der Waals surface area contributed by atoms with Crippen molar-refractivity contribution >= 4 is 11.9 Å². The normalized spacial score (nSPS) is 11.2. The molecule has 24 heavy (non-hydrogen) atoms. The summed E-state index contributed by atoms with van der Waals surface area (Å²) in [6.45, 7) is -2.42. The van der Waals surface area contributed by atoms with Crippen molar-refractivity contribution in [1.29, 1.82) is 0 Å². The third-order valence-electron chi connectivity index (χ3n) is 3.00. The Bertz CT molecular complexity index is 568. The minimum absolute atomic E-state index is 0.0447. The number of guanidine groups is 1. The van der Waals surface area contributed by atoms with Gasteiger partial charge in [0.15, 0.2) is 5.96 Å². The second-order valence-electron chi connectivity index (χ2n) is 4.53. The minimum atomic E-state index is -2.92. The average Bonchev–Trinajstić information content (AvgIpc) is 2.58. The van der Waals surface area contributed by atoms with Crippen molar-refractivity contribution in [2.45, 2.75) is 19.6 Å². The summed E-state index contributed by atoms with van der Waals surface area (Å²) in [4.78, 5) is 15.0. The molecule has 0 aliphatic heterocycles. The first-order valence-corrected chi connectivity index (χ1v) is 7.13. The Morgan fingerprint density at radius 3 is 2.62 bits per heavy atom. The quantitative estimate of drug-likeness (QED) is 0.422. The van der Waals surface area contributed by atoms with Crippen molar-refractivity contribution in [3.05, 3.63) is 23.8 Å². The summed E-state index contributed by atoms with van der Waals surface area (Å²) < 4.78 is 39.0. The number of hydrogen-bond acceptors (Lipinski definition) is 5. The maximum atomic E-state index is 12.5. The topological polar surface area (TPSA) is 81.2 Å². The Morgan fingerprint density at radius 2 is 2.04 bits per heavy atom. The largest absolute Gasteiger partial charge is 0.497 e. The highest BCUT2D eigenvalue weighted by Gasteiger charge is 2.11. The van der Waals surface area contributed by atoms with E-state index in [1.807, 2.05) is 0 Å². The summed E-state index contributed by atoms with van der Waals surface area (Å²) in [5, 5.41) is 5.86. The zero-order valence-electron chi connectivity index (χ0n) is 13.8. The lowest BCUT2D eigenvalue weighted by atomic mass is 10.2. The summed E-state index contributed by atoms with van der Waals surface area (Å²) >= 11 is 0. The van der Waals surface area contributed by atoms with E-state index in [0.29, 0.717) is 23.8 Å². The Balaban J connectivity index is 2.67. The molecule has 1 rings (SSSR count). The number of rotatable bonds is 8. The molecule has 1 aromatic carbocycles. The van der Waals surface area contributed by atoms with Gasteiger partial charge < -0.3 is 24.8 Å². The van der Waals surface area contributed by atoms with Crippen LogP contribution in [0.3, 0.4) is 0 Å². The summed E-state index contributed by atoms with van der Waals surface area (Å²) in [7, 11) is 4.34. The lowest BCUT2D eigenvalue weighted by Crippen LogP contribution is -2.38. The first-order chi connectivity index (χ1) is 11.5. The van der Waals surface area contributed by atoms with Gasteiger partial charge in [-0.1, -0.05) is 0 Å². The van der Waals surface area contributed by atoms with Crippen LogP contribution in [0.5, 0.6) is 11.5 Å². The molecule has 0 heterocycles. The smallest absolute Gasteiger partial charge is 0.387 e. The number of alkyl halides is 2. The Hall–Kier alpha value is -2.58. The van der Waals surface area contributed by atoms with E-state index in [1.54, 1.807) is 13.1 Å². The summed E-state index contributed by atoms with van der Waals surface area (Å²) in [6, 6.07) is 4.53. The molecule has 2 N–H and O–H groups in total. The second kappa shape index (κ2) is 10.2. The van der Waals surface area contributed by atoms with Gasteiger partial charge >= 0.3 is 12.6 Å². The molecule has 0 bridgehead atoms. The highest BCUT2D eigenvalue weighted by molar-refractivity contribution is 5.80. The van der Waals surface area contributed by atoms with Gasteiger partial charge in [0.2, 0.25) is 0 Å². The number of ether oxygens (including phenoxy) is 3. The van der Waals surface area contributed by atoms with Crippen LogP contribution in [0.1, 0.15) is 12.0 Å². The van der Waals surface area contributed by atoms with Crippen LogP contribution < -0.4 is 20.1 Å². The number of halogens is 2. The Kier molecular flexibility index (Phi) is 8.31. The van der Waals surface area contributed by atoms with Crippen LogP contribution in [-0.4, -0.2) is 46.4 Å². The van der Waals surface area contributed by atoms with Crippen molar-refractivity contribution in [2.75, 3.05) is 27.8 Å². The molecule has 0 spiro atoms. The molecule has 0 saturated carbocycles. The molecule has 0 aromatic heterocycles. The van der Waals surface area contributed by atoms with Gasteiger partial charge in [-0.05, 0) is 18.2 Å². The molecule has 134 valence electrons. The molecule has 0 amide bonds. The summed E-state index contributed by atoms with van der Waals surface area (Å²) in [5.74, 6) is 0.619. The van der Waals surface area contributed by atoms with E-state index in [2.05, 4.69) is 25.1 Å². The van der Waals surface area contributed by atoms with Gasteiger partial charge in [0.05, 0.1) is 20.6 Å². The highest BCUT2D eigenvalue weighted by atomic mass is 19.3. The summed E-state index contributed by atoms with van der Waals surface area (Å²) in [5.41, 5.74) is 0.477. The van der Waals surface area contributed by atoms with E-state index in [9.17, 15) is 13.6 Å². The third-order valence-corrected chi connectivity index (χ3v) is 3.00. The minimum Gasteiger partial charge on any atom is -0.497 e. The van der Waals surface area contributed by atoms with Crippen molar-refractivity contribution in [2.24, 2.45) is 4.99 Å². The number of esters is 1. The van der Waals surface area contributed by atoms with Gasteiger partial charge in [0.1, 0.15) is 11.5 Å². The van der Waals surface area contributed by atoms with Gasteiger partial charge in [-0.2, -0.15) is 8.78 Å². The van der Waals surface area contributed by atoms with Gasteiger partial charge in [0.25, 0.3) is 0 Å². The number of carbonyl (C=O) groups is 1. The van der Waals surface area contributed by atoms with Crippen molar-refractivity contribution in [3.8, 4) is 11.5 Å². The van der Waals surface area contributed by atoms with Gasteiger partial charge in [-0.3, -0.25) is 9.79 Å². The lowest BCUT2D eigenvalue weighted by molar-refractivity contribution is -0.140. The first kappa shape index (κ1) is 19.5. The molecule has 0 aliphatic carbocycles. The predicted octanol–water partition coefficient (Wildman–Crippen LogP) is 1.52. The fourth-order valence-corrected chi connectivity index (χ4v) is 1.82.